The minimum Gasteiger partial charge on any atom is -0.399 e. The van der Waals surface area contributed by atoms with Gasteiger partial charge in [-0.05, 0) is 18.9 Å². The van der Waals surface area contributed by atoms with Crippen molar-refractivity contribution < 1.29 is 4.84 Å². The third kappa shape index (κ3) is 1.99. The highest BCUT2D eigenvalue weighted by molar-refractivity contribution is 5.64. The van der Waals surface area contributed by atoms with Gasteiger partial charge in [-0.25, -0.2) is 0 Å². The van der Waals surface area contributed by atoms with E-state index < -0.39 is 0 Å². The van der Waals surface area contributed by atoms with Crippen LogP contribution in [0, 0.1) is 5.92 Å². The Kier molecular flexibility index (Phi) is 2.68. The summed E-state index contributed by atoms with van der Waals surface area (Å²) in [6.07, 6.45) is 3.00. The zero-order valence-corrected chi connectivity index (χ0v) is 6.50. The third-order valence-electron chi connectivity index (χ3n) is 1.73. The van der Waals surface area contributed by atoms with Crippen molar-refractivity contribution in [2.75, 3.05) is 13.7 Å². The highest BCUT2D eigenvalue weighted by Crippen LogP contribution is 2.10. The minimum atomic E-state index is 0.426. The van der Waals surface area contributed by atoms with Gasteiger partial charge < -0.3 is 10.2 Å². The molecule has 0 aromatic heterocycles. The molecule has 0 aliphatic carbocycles. The van der Waals surface area contributed by atoms with Gasteiger partial charge in [-0.15, -0.1) is 0 Å². The Hall–Kier alpha value is -0.570. The van der Waals surface area contributed by atoms with Crippen LogP contribution in [0.4, 0.5) is 0 Å². The summed E-state index contributed by atoms with van der Waals surface area (Å²) in [6.45, 7) is 3.33. The van der Waals surface area contributed by atoms with Gasteiger partial charge in [0.1, 0.15) is 7.11 Å². The second-order valence-corrected chi connectivity index (χ2v) is 2.79. The maximum atomic E-state index is 4.57. The molecule has 3 nitrogen and oxygen atoms in total. The summed E-state index contributed by atoms with van der Waals surface area (Å²) in [4.78, 5) is 4.57. The van der Waals surface area contributed by atoms with Gasteiger partial charge in [0.25, 0.3) is 0 Å². The predicted octanol–water partition coefficient (Wildman–Crippen LogP) is 0.617. The summed E-state index contributed by atoms with van der Waals surface area (Å²) in [5, 5.41) is 7.01. The SMILES string of the molecule is CO/N=C/[C@@H]1CC(C)CN1. The van der Waals surface area contributed by atoms with Gasteiger partial charge in [0.15, 0.2) is 0 Å². The Balaban J connectivity index is 2.24. The first-order valence-electron chi connectivity index (χ1n) is 3.63. The molecule has 0 spiro atoms. The predicted molar refractivity (Wildman–Crippen MR) is 41.1 cm³/mol. The Morgan fingerprint density at radius 2 is 2.50 bits per heavy atom. The largest absolute Gasteiger partial charge is 0.399 e. The summed E-state index contributed by atoms with van der Waals surface area (Å²) >= 11 is 0. The molecule has 1 heterocycles. The topological polar surface area (TPSA) is 33.6 Å². The van der Waals surface area contributed by atoms with Crippen molar-refractivity contribution in [2.24, 2.45) is 11.1 Å². The average molecular weight is 142 g/mol. The van der Waals surface area contributed by atoms with E-state index >= 15 is 0 Å². The highest BCUT2D eigenvalue weighted by atomic mass is 16.6. The lowest BCUT2D eigenvalue weighted by Crippen LogP contribution is -2.22. The Labute approximate surface area is 61.4 Å². The van der Waals surface area contributed by atoms with Crippen molar-refractivity contribution in [3.05, 3.63) is 0 Å². The Morgan fingerprint density at radius 3 is 3.00 bits per heavy atom. The summed E-state index contributed by atoms with van der Waals surface area (Å²) in [5.41, 5.74) is 0. The highest BCUT2D eigenvalue weighted by Gasteiger charge is 2.18. The Morgan fingerprint density at radius 1 is 1.70 bits per heavy atom. The van der Waals surface area contributed by atoms with E-state index in [-0.39, 0.29) is 0 Å². The summed E-state index contributed by atoms with van der Waals surface area (Å²) < 4.78 is 0. The van der Waals surface area contributed by atoms with Gasteiger partial charge >= 0.3 is 0 Å². The zero-order chi connectivity index (χ0) is 7.40. The van der Waals surface area contributed by atoms with Crippen molar-refractivity contribution in [3.8, 4) is 0 Å². The molecule has 0 aromatic rings. The van der Waals surface area contributed by atoms with Crippen LogP contribution in [0.15, 0.2) is 5.16 Å². The molecule has 1 N–H and O–H groups in total. The standard InChI is InChI=1S/C7H14N2O/c1-6-3-7(8-4-6)5-9-10-2/h5-8H,3-4H2,1-2H3/b9-5+/t6?,7-/m0/s1. The first-order chi connectivity index (χ1) is 4.83. The third-order valence-corrected chi connectivity index (χ3v) is 1.73. The van der Waals surface area contributed by atoms with Gasteiger partial charge in [0.05, 0.1) is 6.21 Å². The van der Waals surface area contributed by atoms with Gasteiger partial charge in [-0.2, -0.15) is 0 Å². The van der Waals surface area contributed by atoms with E-state index in [2.05, 4.69) is 22.2 Å². The lowest BCUT2D eigenvalue weighted by Gasteiger charge is -1.99. The van der Waals surface area contributed by atoms with Gasteiger partial charge in [-0.3, -0.25) is 0 Å². The molecule has 0 amide bonds. The molecule has 1 rings (SSSR count). The number of hydrogen-bond acceptors (Lipinski definition) is 3. The quantitative estimate of drug-likeness (QED) is 0.453. The first kappa shape index (κ1) is 7.54. The molecule has 0 bridgehead atoms. The molecule has 2 atom stereocenters. The van der Waals surface area contributed by atoms with Crippen molar-refractivity contribution in [3.63, 3.8) is 0 Å². The fourth-order valence-corrected chi connectivity index (χ4v) is 1.20. The molecule has 1 fully saturated rings. The lowest BCUT2D eigenvalue weighted by atomic mass is 10.1. The number of hydrogen-bond donors (Lipinski definition) is 1. The van der Waals surface area contributed by atoms with Crippen molar-refractivity contribution >= 4 is 6.21 Å². The molecular weight excluding hydrogens is 128 g/mol. The molecular formula is C7H14N2O. The second-order valence-electron chi connectivity index (χ2n) is 2.79. The maximum absolute atomic E-state index is 4.57. The first-order valence-corrected chi connectivity index (χ1v) is 3.63. The fraction of sp³-hybridized carbons (Fsp3) is 0.857. The van der Waals surface area contributed by atoms with E-state index in [1.165, 1.54) is 6.42 Å². The molecule has 58 valence electrons. The van der Waals surface area contributed by atoms with Crippen LogP contribution in [0.1, 0.15) is 13.3 Å². The summed E-state index contributed by atoms with van der Waals surface area (Å²) in [7, 11) is 1.56. The zero-order valence-electron chi connectivity index (χ0n) is 6.50. The van der Waals surface area contributed by atoms with E-state index in [9.17, 15) is 0 Å². The number of nitrogens with zero attached hydrogens (tertiary/aromatic N) is 1. The molecule has 0 radical (unpaired) electrons. The normalized spacial score (nSPS) is 33.4. The minimum absolute atomic E-state index is 0.426. The summed E-state index contributed by atoms with van der Waals surface area (Å²) in [6, 6.07) is 0.426. The molecule has 10 heavy (non-hydrogen) atoms. The smallest absolute Gasteiger partial charge is 0.106 e. The van der Waals surface area contributed by atoms with Crippen LogP contribution in [0.3, 0.4) is 0 Å². The average Bonchev–Trinajstić information content (AvgIpc) is 2.31. The van der Waals surface area contributed by atoms with Crippen LogP contribution >= 0.6 is 0 Å². The van der Waals surface area contributed by atoms with Gasteiger partial charge in [0.2, 0.25) is 0 Å². The monoisotopic (exact) mass is 142 g/mol. The number of rotatable bonds is 2. The molecule has 3 heteroatoms. The van der Waals surface area contributed by atoms with E-state index in [1.807, 2.05) is 6.21 Å². The maximum Gasteiger partial charge on any atom is 0.106 e. The number of oxime groups is 1. The molecule has 0 saturated carbocycles. The summed E-state index contributed by atoms with van der Waals surface area (Å²) in [5.74, 6) is 0.772. The van der Waals surface area contributed by atoms with Crippen LogP contribution in [0.5, 0.6) is 0 Å². The van der Waals surface area contributed by atoms with Crippen LogP contribution in [0.25, 0.3) is 0 Å². The van der Waals surface area contributed by atoms with Gasteiger partial charge in [-0.1, -0.05) is 12.1 Å². The van der Waals surface area contributed by atoms with Crippen LogP contribution < -0.4 is 5.32 Å². The second kappa shape index (κ2) is 3.56. The molecule has 1 aliphatic rings. The fourth-order valence-electron chi connectivity index (χ4n) is 1.20. The van der Waals surface area contributed by atoms with Crippen molar-refractivity contribution in [1.29, 1.82) is 0 Å². The van der Waals surface area contributed by atoms with Crippen LogP contribution in [-0.4, -0.2) is 25.9 Å². The van der Waals surface area contributed by atoms with E-state index in [1.54, 1.807) is 7.11 Å². The molecule has 1 aliphatic heterocycles. The van der Waals surface area contributed by atoms with E-state index in [0.29, 0.717) is 6.04 Å². The molecule has 1 unspecified atom stereocenters. The van der Waals surface area contributed by atoms with Crippen molar-refractivity contribution in [2.45, 2.75) is 19.4 Å². The van der Waals surface area contributed by atoms with Crippen molar-refractivity contribution in [1.82, 2.24) is 5.32 Å². The van der Waals surface area contributed by atoms with Crippen LogP contribution in [0.2, 0.25) is 0 Å². The lowest BCUT2D eigenvalue weighted by molar-refractivity contribution is 0.214. The number of nitrogens with one attached hydrogen (secondary N) is 1. The molecule has 1 saturated heterocycles. The van der Waals surface area contributed by atoms with Crippen LogP contribution in [-0.2, 0) is 4.84 Å². The van der Waals surface area contributed by atoms with E-state index in [0.717, 1.165) is 12.5 Å². The Bertz CT molecular complexity index is 125. The van der Waals surface area contributed by atoms with E-state index in [4.69, 9.17) is 0 Å². The molecule has 0 aromatic carbocycles. The van der Waals surface area contributed by atoms with Gasteiger partial charge in [0, 0.05) is 6.04 Å².